The van der Waals surface area contributed by atoms with Crippen LogP contribution < -0.4 is 4.90 Å². The van der Waals surface area contributed by atoms with Crippen molar-refractivity contribution in [1.82, 2.24) is 9.21 Å². The molecule has 2 aromatic carbocycles. The average Bonchev–Trinajstić information content (AvgIpc) is 2.76. The van der Waals surface area contributed by atoms with E-state index in [2.05, 4.69) is 0 Å². The Hall–Kier alpha value is -2.55. The largest absolute Gasteiger partial charge is 0.418 e. The highest BCUT2D eigenvalue weighted by atomic mass is 35.5. The number of anilines is 2. The molecular weight excluding hydrogens is 515 g/mol. The molecule has 0 unspecified atom stereocenters. The van der Waals surface area contributed by atoms with Gasteiger partial charge in [-0.3, -0.25) is 0 Å². The van der Waals surface area contributed by atoms with Gasteiger partial charge in [0.15, 0.2) is 0 Å². The van der Waals surface area contributed by atoms with E-state index in [1.807, 2.05) is 6.07 Å². The number of piperazine rings is 1. The van der Waals surface area contributed by atoms with Crippen molar-refractivity contribution in [2.45, 2.75) is 32.0 Å². The molecule has 1 amide bonds. The molecule has 0 saturated carbocycles. The van der Waals surface area contributed by atoms with E-state index < -0.39 is 21.9 Å². The molecule has 1 aliphatic heterocycles. The van der Waals surface area contributed by atoms with Crippen LogP contribution >= 0.6 is 23.2 Å². The summed E-state index contributed by atoms with van der Waals surface area (Å²) in [6, 6.07) is 11.2. The van der Waals surface area contributed by atoms with Gasteiger partial charge in [-0.1, -0.05) is 30.6 Å². The van der Waals surface area contributed by atoms with Crippen molar-refractivity contribution in [1.29, 1.82) is 5.26 Å². The maximum atomic E-state index is 13.6. The third-order valence-corrected chi connectivity index (χ3v) is 7.50. The van der Waals surface area contributed by atoms with Crippen LogP contribution in [0.3, 0.4) is 0 Å². The Morgan fingerprint density at radius 2 is 1.69 bits per heavy atom. The minimum Gasteiger partial charge on any atom is -0.418 e. The second kappa shape index (κ2) is 11.0. The number of aliphatic hydroxyl groups is 1. The highest BCUT2D eigenvalue weighted by Gasteiger charge is 2.34. The molecule has 190 valence electrons. The Morgan fingerprint density at radius 3 is 2.20 bits per heavy atom. The Bertz CT molecular complexity index is 1210. The summed E-state index contributed by atoms with van der Waals surface area (Å²) in [6.45, 7) is 2.87. The van der Waals surface area contributed by atoms with E-state index in [4.69, 9.17) is 27.9 Å². The molecule has 35 heavy (non-hydrogen) atoms. The molecule has 0 aliphatic carbocycles. The number of amides is 1. The van der Waals surface area contributed by atoms with E-state index in [-0.39, 0.29) is 44.1 Å². The fourth-order valence-electron chi connectivity index (χ4n) is 3.47. The number of carbonyl (C=O) groups excluding carboxylic acids is 1. The van der Waals surface area contributed by atoms with Crippen LogP contribution in [0.5, 0.6) is 0 Å². The molecule has 1 heterocycles. The van der Waals surface area contributed by atoms with Crippen LogP contribution in [0.15, 0.2) is 41.3 Å². The molecule has 1 fully saturated rings. The number of halogens is 2. The fourth-order valence-corrected chi connectivity index (χ4v) is 5.65. The number of hydrogen-bond donors (Lipinski definition) is 1. The summed E-state index contributed by atoms with van der Waals surface area (Å²) in [6.07, 6.45) is -0.728. The van der Waals surface area contributed by atoms with Gasteiger partial charge in [0.25, 0.3) is 0 Å². The lowest BCUT2D eigenvalue weighted by atomic mass is 10.2. The molecule has 2 aromatic rings. The van der Waals surface area contributed by atoms with Gasteiger partial charge in [-0.25, -0.2) is 13.2 Å². The number of benzene rings is 2. The number of ether oxygens (including phenoxy) is 1. The normalized spacial score (nSPS) is 14.6. The van der Waals surface area contributed by atoms with E-state index in [1.54, 1.807) is 36.2 Å². The smallest absolute Gasteiger partial charge is 0.412 e. The molecular formula is C23H28Cl2N4O5S. The minimum absolute atomic E-state index is 0. The zero-order chi connectivity index (χ0) is 25.3. The van der Waals surface area contributed by atoms with Gasteiger partial charge in [0.1, 0.15) is 4.90 Å². The van der Waals surface area contributed by atoms with Gasteiger partial charge in [0.05, 0.1) is 17.3 Å². The van der Waals surface area contributed by atoms with E-state index in [9.17, 15) is 23.6 Å². The number of carbonyl (C=O) groups is 1. The highest BCUT2D eigenvalue weighted by molar-refractivity contribution is 7.89. The third kappa shape index (κ3) is 6.78. The molecule has 9 nitrogen and oxygen atoms in total. The summed E-state index contributed by atoms with van der Waals surface area (Å²) in [5, 5.41) is 19.8. The first-order valence-corrected chi connectivity index (χ1v) is 12.5. The topological polar surface area (TPSA) is 114 Å². The predicted molar refractivity (Wildman–Crippen MR) is 136 cm³/mol. The zero-order valence-electron chi connectivity index (χ0n) is 18.8. The quantitative estimate of drug-likeness (QED) is 0.555. The fraction of sp³-hybridized carbons (Fsp3) is 0.391. The van der Waals surface area contributed by atoms with Gasteiger partial charge in [0.2, 0.25) is 15.8 Å². The molecule has 1 aliphatic rings. The summed E-state index contributed by atoms with van der Waals surface area (Å²) >= 11 is 12.2. The molecule has 0 aromatic heterocycles. The minimum atomic E-state index is -4.04. The van der Waals surface area contributed by atoms with Gasteiger partial charge in [0, 0.05) is 62.8 Å². The third-order valence-electron chi connectivity index (χ3n) is 5.14. The second-order valence-corrected chi connectivity index (χ2v) is 11.0. The van der Waals surface area contributed by atoms with Crippen LogP contribution in [0.25, 0.3) is 0 Å². The summed E-state index contributed by atoms with van der Waals surface area (Å²) in [5.74, 6) is -1.64. The van der Waals surface area contributed by atoms with E-state index in [0.717, 1.165) is 0 Å². The Balaban J connectivity index is 0.00000432. The van der Waals surface area contributed by atoms with Crippen molar-refractivity contribution in [2.75, 3.05) is 38.1 Å². The lowest BCUT2D eigenvalue weighted by Gasteiger charge is -2.35. The van der Waals surface area contributed by atoms with Gasteiger partial charge < -0.3 is 19.6 Å². The Morgan fingerprint density at radius 1 is 1.11 bits per heavy atom. The van der Waals surface area contributed by atoms with Crippen molar-refractivity contribution < 1.29 is 23.1 Å². The molecule has 12 heteroatoms. The highest BCUT2D eigenvalue weighted by Crippen LogP contribution is 2.35. The zero-order valence-corrected chi connectivity index (χ0v) is 21.2. The summed E-state index contributed by atoms with van der Waals surface area (Å²) in [4.78, 5) is 15.1. The predicted octanol–water partition coefficient (Wildman–Crippen LogP) is 4.44. The maximum Gasteiger partial charge on any atom is 0.412 e. The van der Waals surface area contributed by atoms with Gasteiger partial charge in [-0.15, -0.1) is 0 Å². The summed E-state index contributed by atoms with van der Waals surface area (Å²) < 4.78 is 33.4. The van der Waals surface area contributed by atoms with Crippen molar-refractivity contribution in [2.24, 2.45) is 0 Å². The van der Waals surface area contributed by atoms with E-state index in [0.29, 0.717) is 21.4 Å². The number of hydrogen-bond acceptors (Lipinski definition) is 7. The Kier molecular flexibility index (Phi) is 9.03. The monoisotopic (exact) mass is 542 g/mol. The molecule has 0 spiro atoms. The number of rotatable bonds is 5. The Labute approximate surface area is 216 Å². The van der Waals surface area contributed by atoms with E-state index in [1.165, 1.54) is 35.2 Å². The molecule has 0 atom stereocenters. The first kappa shape index (κ1) is 28.7. The van der Waals surface area contributed by atoms with Crippen molar-refractivity contribution >= 4 is 50.7 Å². The van der Waals surface area contributed by atoms with Crippen LogP contribution in [0.1, 0.15) is 26.8 Å². The number of nitriles is 1. The number of sulfonamides is 1. The van der Waals surface area contributed by atoms with Crippen LogP contribution in [-0.2, 0) is 14.8 Å². The van der Waals surface area contributed by atoms with Gasteiger partial charge >= 0.3 is 6.09 Å². The van der Waals surface area contributed by atoms with Crippen molar-refractivity contribution in [3.05, 3.63) is 52.0 Å². The van der Waals surface area contributed by atoms with Gasteiger partial charge in [-0.2, -0.15) is 9.57 Å². The molecule has 0 radical (unpaired) electrons. The molecule has 0 bridgehead atoms. The first-order valence-electron chi connectivity index (χ1n) is 10.3. The summed E-state index contributed by atoms with van der Waals surface area (Å²) in [5.41, 5.74) is 1.09. The van der Waals surface area contributed by atoms with Crippen LogP contribution in [0.4, 0.5) is 16.2 Å². The molecule has 1 N–H and O–H groups in total. The van der Waals surface area contributed by atoms with Crippen LogP contribution in [0, 0.1) is 11.3 Å². The number of nitrogens with zero attached hydrogens (tertiary/aromatic N) is 4. The lowest BCUT2D eigenvalue weighted by molar-refractivity contribution is -0.140. The van der Waals surface area contributed by atoms with Crippen molar-refractivity contribution in [3.63, 3.8) is 0 Å². The maximum absolute atomic E-state index is 13.6. The summed E-state index contributed by atoms with van der Waals surface area (Å²) in [7, 11) is -2.36. The van der Waals surface area contributed by atoms with Crippen molar-refractivity contribution in [3.8, 4) is 6.07 Å². The average molecular weight is 543 g/mol. The van der Waals surface area contributed by atoms with Crippen LogP contribution in [0.2, 0.25) is 10.0 Å². The van der Waals surface area contributed by atoms with Crippen LogP contribution in [-0.4, -0.2) is 67.8 Å². The van der Waals surface area contributed by atoms with E-state index >= 15 is 0 Å². The second-order valence-electron chi connectivity index (χ2n) is 8.19. The molecule has 3 rings (SSSR count). The standard InChI is InChI=1S/C22H24Cl2N4O5S.CH4/c1-22(2,30)33-21(29)27-6-8-28(9-7-27)34(31,32)20-10-15(14-25)4-5-19(20)26(3)18-12-16(23)11-17(24)13-18;/h4-5,10-13,30H,6-9H2,1-3H3;1H4. The first-order chi connectivity index (χ1) is 15.8. The SMILES string of the molecule is C.CN(c1cc(Cl)cc(Cl)c1)c1ccc(C#N)cc1S(=O)(=O)N1CCN(C(=O)OC(C)(C)O)CC1. The lowest BCUT2D eigenvalue weighted by Crippen LogP contribution is -2.51. The molecule has 1 saturated heterocycles. The van der Waals surface area contributed by atoms with Gasteiger partial charge in [-0.05, 0) is 36.4 Å².